The molecular formula is C17H20N4O2S. The van der Waals surface area contributed by atoms with Gasteiger partial charge in [0, 0.05) is 18.5 Å². The second kappa shape index (κ2) is 7.19. The summed E-state index contributed by atoms with van der Waals surface area (Å²) in [5.41, 5.74) is 3.00. The molecule has 2 heterocycles. The van der Waals surface area contributed by atoms with E-state index in [1.165, 1.54) is 11.8 Å². The SMILES string of the molecule is COC[C@H](C)NC(=O)CSc1nnc2cc(C)c3ccccc3n12. The molecule has 1 N–H and O–H groups in total. The minimum atomic E-state index is -0.0438. The zero-order valence-electron chi connectivity index (χ0n) is 13.9. The molecule has 1 aromatic carbocycles. The molecule has 126 valence electrons. The summed E-state index contributed by atoms with van der Waals surface area (Å²) < 4.78 is 7.02. The molecule has 0 saturated carbocycles. The van der Waals surface area contributed by atoms with E-state index in [1.807, 2.05) is 35.6 Å². The van der Waals surface area contributed by atoms with Crippen LogP contribution in [0.1, 0.15) is 12.5 Å². The lowest BCUT2D eigenvalue weighted by molar-refractivity contribution is -0.119. The summed E-state index contributed by atoms with van der Waals surface area (Å²) in [7, 11) is 1.62. The summed E-state index contributed by atoms with van der Waals surface area (Å²) in [4.78, 5) is 12.0. The molecule has 6 nitrogen and oxygen atoms in total. The number of benzene rings is 1. The average Bonchev–Trinajstić information content (AvgIpc) is 2.96. The van der Waals surface area contributed by atoms with E-state index in [0.717, 1.165) is 27.3 Å². The number of aryl methyl sites for hydroxylation is 1. The van der Waals surface area contributed by atoms with Crippen LogP contribution < -0.4 is 5.32 Å². The number of hydrogen-bond acceptors (Lipinski definition) is 5. The molecule has 0 bridgehead atoms. The van der Waals surface area contributed by atoms with Crippen LogP contribution in [0.25, 0.3) is 16.6 Å². The van der Waals surface area contributed by atoms with E-state index in [2.05, 4.69) is 28.5 Å². The molecule has 24 heavy (non-hydrogen) atoms. The molecular weight excluding hydrogens is 324 g/mol. The minimum absolute atomic E-state index is 0.0123. The number of fused-ring (bicyclic) bond motifs is 3. The Balaban J connectivity index is 1.83. The Morgan fingerprint density at radius 1 is 1.38 bits per heavy atom. The normalized spacial score (nSPS) is 12.6. The van der Waals surface area contributed by atoms with Gasteiger partial charge in [-0.25, -0.2) is 0 Å². The van der Waals surface area contributed by atoms with Gasteiger partial charge >= 0.3 is 0 Å². The number of nitrogens with zero attached hydrogens (tertiary/aromatic N) is 3. The number of carbonyl (C=O) groups excluding carboxylic acids is 1. The summed E-state index contributed by atoms with van der Waals surface area (Å²) in [6.07, 6.45) is 0. The Morgan fingerprint density at radius 3 is 2.96 bits per heavy atom. The highest BCUT2D eigenvalue weighted by molar-refractivity contribution is 7.99. The monoisotopic (exact) mass is 344 g/mol. The summed E-state index contributed by atoms with van der Waals surface area (Å²) in [5.74, 6) is 0.245. The topological polar surface area (TPSA) is 68.5 Å². The predicted molar refractivity (Wildman–Crippen MR) is 95.4 cm³/mol. The van der Waals surface area contributed by atoms with Crippen LogP contribution in [0.2, 0.25) is 0 Å². The van der Waals surface area contributed by atoms with Crippen LogP contribution in [-0.4, -0.2) is 46.0 Å². The smallest absolute Gasteiger partial charge is 0.230 e. The number of amides is 1. The third-order valence-electron chi connectivity index (χ3n) is 3.73. The van der Waals surface area contributed by atoms with Gasteiger partial charge in [-0.05, 0) is 31.5 Å². The predicted octanol–water partition coefficient (Wildman–Crippen LogP) is 2.43. The highest BCUT2D eigenvalue weighted by atomic mass is 32.2. The van der Waals surface area contributed by atoms with E-state index in [1.54, 1.807) is 7.11 Å². The van der Waals surface area contributed by atoms with Crippen LogP contribution in [0, 0.1) is 6.92 Å². The molecule has 0 spiro atoms. The standard InChI is InChI=1S/C17H20N4O2S/c1-11-8-15-19-20-17(21(15)14-7-5-4-6-13(11)14)24-10-16(22)18-12(2)9-23-3/h4-8,12H,9-10H2,1-3H3,(H,18,22)/t12-/m0/s1. The molecule has 1 atom stereocenters. The van der Waals surface area contributed by atoms with E-state index in [9.17, 15) is 4.79 Å². The number of ether oxygens (including phenoxy) is 1. The molecule has 0 radical (unpaired) electrons. The summed E-state index contributed by atoms with van der Waals surface area (Å²) in [6, 6.07) is 10.1. The lowest BCUT2D eigenvalue weighted by atomic mass is 10.1. The first-order valence-electron chi connectivity index (χ1n) is 7.74. The molecule has 0 saturated heterocycles. The largest absolute Gasteiger partial charge is 0.383 e. The Bertz CT molecular complexity index is 878. The van der Waals surface area contributed by atoms with E-state index < -0.39 is 0 Å². The quantitative estimate of drug-likeness (QED) is 0.696. The Morgan fingerprint density at radius 2 is 2.17 bits per heavy atom. The van der Waals surface area contributed by atoms with Gasteiger partial charge in [0.05, 0.1) is 17.9 Å². The number of thioether (sulfide) groups is 1. The van der Waals surface area contributed by atoms with E-state index in [0.29, 0.717) is 6.61 Å². The lowest BCUT2D eigenvalue weighted by Gasteiger charge is -2.12. The van der Waals surface area contributed by atoms with Crippen molar-refractivity contribution in [2.24, 2.45) is 0 Å². The molecule has 3 aromatic rings. The van der Waals surface area contributed by atoms with Crippen molar-refractivity contribution in [2.75, 3.05) is 19.5 Å². The van der Waals surface area contributed by atoms with Crippen molar-refractivity contribution in [3.8, 4) is 0 Å². The molecule has 7 heteroatoms. The first kappa shape index (κ1) is 16.7. The van der Waals surface area contributed by atoms with Crippen LogP contribution >= 0.6 is 11.8 Å². The van der Waals surface area contributed by atoms with Gasteiger partial charge in [0.25, 0.3) is 0 Å². The van der Waals surface area contributed by atoms with Gasteiger partial charge in [-0.15, -0.1) is 10.2 Å². The molecule has 2 aromatic heterocycles. The van der Waals surface area contributed by atoms with Crippen LogP contribution in [-0.2, 0) is 9.53 Å². The van der Waals surface area contributed by atoms with Crippen molar-refractivity contribution < 1.29 is 9.53 Å². The van der Waals surface area contributed by atoms with Crippen LogP contribution in [0.3, 0.4) is 0 Å². The maximum atomic E-state index is 12.0. The van der Waals surface area contributed by atoms with Crippen molar-refractivity contribution in [1.29, 1.82) is 0 Å². The lowest BCUT2D eigenvalue weighted by Crippen LogP contribution is -2.36. The maximum absolute atomic E-state index is 12.0. The number of methoxy groups -OCH3 is 1. The molecule has 3 rings (SSSR count). The van der Waals surface area contributed by atoms with Gasteiger partial charge in [-0.2, -0.15) is 0 Å². The highest BCUT2D eigenvalue weighted by Gasteiger charge is 2.14. The minimum Gasteiger partial charge on any atom is -0.383 e. The Labute approximate surface area is 144 Å². The third-order valence-corrected chi connectivity index (χ3v) is 4.66. The fourth-order valence-electron chi connectivity index (χ4n) is 2.71. The van der Waals surface area contributed by atoms with Crippen molar-refractivity contribution in [3.63, 3.8) is 0 Å². The van der Waals surface area contributed by atoms with Crippen LogP contribution in [0.5, 0.6) is 0 Å². The fraction of sp³-hybridized carbons (Fsp3) is 0.353. The highest BCUT2D eigenvalue weighted by Crippen LogP contribution is 2.25. The zero-order valence-corrected chi connectivity index (χ0v) is 14.8. The van der Waals surface area contributed by atoms with Crippen LogP contribution in [0.4, 0.5) is 0 Å². The summed E-state index contributed by atoms with van der Waals surface area (Å²) >= 11 is 1.38. The Kier molecular flexibility index (Phi) is 5.01. The van der Waals surface area contributed by atoms with Gasteiger partial charge in [0.1, 0.15) is 0 Å². The van der Waals surface area contributed by atoms with E-state index >= 15 is 0 Å². The number of para-hydroxylation sites is 1. The van der Waals surface area contributed by atoms with E-state index in [4.69, 9.17) is 4.74 Å². The number of nitrogens with one attached hydrogen (secondary N) is 1. The van der Waals surface area contributed by atoms with Gasteiger partial charge < -0.3 is 10.1 Å². The molecule has 0 aliphatic rings. The molecule has 1 amide bonds. The first-order valence-corrected chi connectivity index (χ1v) is 8.73. The fourth-order valence-corrected chi connectivity index (χ4v) is 3.47. The summed E-state index contributed by atoms with van der Waals surface area (Å²) in [6.45, 7) is 4.47. The van der Waals surface area contributed by atoms with E-state index in [-0.39, 0.29) is 17.7 Å². The second-order valence-corrected chi connectivity index (χ2v) is 6.68. The van der Waals surface area contributed by atoms with Crippen molar-refractivity contribution in [1.82, 2.24) is 19.9 Å². The van der Waals surface area contributed by atoms with Gasteiger partial charge in [-0.1, -0.05) is 30.0 Å². The second-order valence-electron chi connectivity index (χ2n) is 5.73. The van der Waals surface area contributed by atoms with Gasteiger partial charge in [0.15, 0.2) is 10.8 Å². The van der Waals surface area contributed by atoms with Gasteiger partial charge in [0.2, 0.25) is 5.91 Å². The Hall–Kier alpha value is -2.12. The molecule has 0 unspecified atom stereocenters. The number of carbonyl (C=O) groups is 1. The molecule has 0 aliphatic carbocycles. The molecule has 0 fully saturated rings. The number of rotatable bonds is 6. The van der Waals surface area contributed by atoms with Crippen LogP contribution in [0.15, 0.2) is 35.5 Å². The number of aromatic nitrogens is 3. The molecule has 0 aliphatic heterocycles. The van der Waals surface area contributed by atoms with Gasteiger partial charge in [-0.3, -0.25) is 9.20 Å². The van der Waals surface area contributed by atoms with Crippen molar-refractivity contribution in [2.45, 2.75) is 25.0 Å². The zero-order chi connectivity index (χ0) is 17.1. The maximum Gasteiger partial charge on any atom is 0.230 e. The first-order chi connectivity index (χ1) is 11.6. The van der Waals surface area contributed by atoms with Crippen molar-refractivity contribution in [3.05, 3.63) is 35.9 Å². The average molecular weight is 344 g/mol. The number of pyridine rings is 1. The summed E-state index contributed by atoms with van der Waals surface area (Å²) in [5, 5.41) is 13.3. The third kappa shape index (κ3) is 3.37. The van der Waals surface area contributed by atoms with Crippen molar-refractivity contribution >= 4 is 34.2 Å². The number of hydrogen-bond donors (Lipinski definition) is 1.